The Kier molecular flexibility index (Phi) is 5.11. The van der Waals surface area contributed by atoms with Crippen molar-refractivity contribution in [3.63, 3.8) is 0 Å². The monoisotopic (exact) mass is 483 g/mol. The second-order valence-corrected chi connectivity index (χ2v) is 8.12. The van der Waals surface area contributed by atoms with Gasteiger partial charge in [0.25, 0.3) is 6.01 Å². The smallest absolute Gasteiger partial charge is 0.362 e. The minimum Gasteiger partial charge on any atom is -0.465 e. The van der Waals surface area contributed by atoms with E-state index >= 15 is 0 Å². The second-order valence-electron chi connectivity index (χ2n) is 7.24. The van der Waals surface area contributed by atoms with Crippen molar-refractivity contribution in [2.75, 3.05) is 12.8 Å². The van der Waals surface area contributed by atoms with Gasteiger partial charge in [0.15, 0.2) is 0 Å². The Morgan fingerprint density at radius 1 is 1.09 bits per heavy atom. The van der Waals surface area contributed by atoms with Crippen LogP contribution >= 0.6 is 23.2 Å². The number of rotatable bonds is 3. The SMILES string of the molecule is COC(=O)C1=c2oc(=O)/c(=C\c3ccc(Cl)cc3)n2-c2oc(N)nc2[C@@H]1c1ccc(Cl)cc1. The topological polar surface area (TPSA) is 113 Å². The minimum atomic E-state index is -0.764. The van der Waals surface area contributed by atoms with Gasteiger partial charge in [0.1, 0.15) is 16.6 Å². The molecule has 10 heteroatoms. The number of carbonyl (C=O) groups is 1. The highest BCUT2D eigenvalue weighted by Crippen LogP contribution is 2.38. The molecule has 0 saturated carbocycles. The van der Waals surface area contributed by atoms with Crippen LogP contribution in [-0.2, 0) is 9.53 Å². The van der Waals surface area contributed by atoms with Crippen LogP contribution < -0.4 is 22.3 Å². The Morgan fingerprint density at radius 2 is 1.73 bits per heavy atom. The number of hydrogen-bond donors (Lipinski definition) is 1. The normalized spacial score (nSPS) is 15.3. The quantitative estimate of drug-likeness (QED) is 0.445. The highest BCUT2D eigenvalue weighted by atomic mass is 35.5. The lowest BCUT2D eigenvalue weighted by Gasteiger charge is -2.21. The van der Waals surface area contributed by atoms with Gasteiger partial charge < -0.3 is 19.3 Å². The molecule has 0 fully saturated rings. The van der Waals surface area contributed by atoms with Crippen LogP contribution in [0.2, 0.25) is 10.0 Å². The molecule has 1 atom stereocenters. The van der Waals surface area contributed by atoms with E-state index < -0.39 is 17.5 Å². The predicted octanol–water partition coefficient (Wildman–Crippen LogP) is 2.61. The summed E-state index contributed by atoms with van der Waals surface area (Å²) in [5, 5.41) is 1.18. The molecule has 3 heterocycles. The molecule has 0 saturated heterocycles. The van der Waals surface area contributed by atoms with Crippen molar-refractivity contribution in [1.82, 2.24) is 9.55 Å². The molecule has 33 heavy (non-hydrogen) atoms. The molecule has 5 rings (SSSR count). The first kappa shape index (κ1) is 21.1. The van der Waals surface area contributed by atoms with Crippen LogP contribution in [0.1, 0.15) is 22.7 Å². The zero-order valence-electron chi connectivity index (χ0n) is 17.0. The molecular formula is C23H15Cl2N3O5. The number of fused-ring (bicyclic) bond motifs is 3. The van der Waals surface area contributed by atoms with Gasteiger partial charge in [0, 0.05) is 10.0 Å². The number of aromatic nitrogens is 2. The molecule has 2 aromatic carbocycles. The van der Waals surface area contributed by atoms with E-state index in [4.69, 9.17) is 42.5 Å². The highest BCUT2D eigenvalue weighted by molar-refractivity contribution is 6.30. The molecule has 0 radical (unpaired) electrons. The third-order valence-electron chi connectivity index (χ3n) is 5.27. The number of nitrogens with zero attached hydrogens (tertiary/aromatic N) is 2. The number of anilines is 1. The average Bonchev–Trinajstić information content (AvgIpc) is 3.33. The minimum absolute atomic E-state index is 0.0318. The number of esters is 1. The molecule has 0 bridgehead atoms. The first-order valence-electron chi connectivity index (χ1n) is 9.71. The molecule has 0 amide bonds. The Morgan fingerprint density at radius 3 is 2.36 bits per heavy atom. The van der Waals surface area contributed by atoms with Crippen molar-refractivity contribution in [2.24, 2.45) is 0 Å². The fourth-order valence-corrected chi connectivity index (χ4v) is 4.10. The van der Waals surface area contributed by atoms with E-state index in [1.165, 1.54) is 11.7 Å². The molecule has 0 spiro atoms. The molecule has 8 nitrogen and oxygen atoms in total. The molecule has 4 aromatic rings. The van der Waals surface area contributed by atoms with Gasteiger partial charge in [-0.2, -0.15) is 4.98 Å². The number of carbonyl (C=O) groups excluding carboxylic acids is 1. The molecular weight excluding hydrogens is 469 g/mol. The number of ether oxygens (including phenoxy) is 1. The Hall–Kier alpha value is -3.75. The van der Waals surface area contributed by atoms with Gasteiger partial charge in [-0.25, -0.2) is 14.2 Å². The van der Waals surface area contributed by atoms with Gasteiger partial charge in [0.05, 0.1) is 13.0 Å². The maximum atomic E-state index is 12.9. The second kappa shape index (κ2) is 7.99. The number of nitrogen functional groups attached to an aromatic ring is 1. The Balaban J connectivity index is 1.90. The number of nitrogens with two attached hydrogens (primary N) is 1. The summed E-state index contributed by atoms with van der Waals surface area (Å²) < 4.78 is 17.7. The summed E-state index contributed by atoms with van der Waals surface area (Å²) in [6.07, 6.45) is 1.59. The number of benzene rings is 2. The third kappa shape index (κ3) is 3.53. The summed E-state index contributed by atoms with van der Waals surface area (Å²) in [4.78, 5) is 30.2. The molecule has 1 aliphatic rings. The number of methoxy groups -OCH3 is 1. The summed E-state index contributed by atoms with van der Waals surface area (Å²) in [7, 11) is 1.24. The Labute approximate surface area is 196 Å². The van der Waals surface area contributed by atoms with Crippen molar-refractivity contribution < 1.29 is 18.4 Å². The van der Waals surface area contributed by atoms with Gasteiger partial charge in [-0.3, -0.25) is 0 Å². The van der Waals surface area contributed by atoms with Crippen molar-refractivity contribution in [2.45, 2.75) is 5.92 Å². The largest absolute Gasteiger partial charge is 0.465 e. The summed E-state index contributed by atoms with van der Waals surface area (Å²) in [5.41, 5.74) is 6.93. The van der Waals surface area contributed by atoms with Crippen molar-refractivity contribution in [3.8, 4) is 5.88 Å². The maximum Gasteiger partial charge on any atom is 0.362 e. The lowest BCUT2D eigenvalue weighted by molar-refractivity contribution is -0.134. The zero-order chi connectivity index (χ0) is 23.3. The van der Waals surface area contributed by atoms with Crippen LogP contribution in [0.5, 0.6) is 0 Å². The number of oxazole rings is 2. The standard InChI is InChI=1S/C23H15Cl2N3O5/c1-31-22(30)17-16(12-4-8-14(25)9-5-12)18-20(33-23(26)27-18)28-15(21(29)32-19(17)28)10-11-2-6-13(24)7-3-11/h2-10,16H,1H3,(H2,26,27)/b15-10+/t16-/m1/s1. The molecule has 0 unspecified atom stereocenters. The summed E-state index contributed by atoms with van der Waals surface area (Å²) in [6, 6.07) is 13.6. The van der Waals surface area contributed by atoms with E-state index in [0.29, 0.717) is 26.9 Å². The number of halogens is 2. The predicted molar refractivity (Wildman–Crippen MR) is 122 cm³/mol. The highest BCUT2D eigenvalue weighted by Gasteiger charge is 2.39. The summed E-state index contributed by atoms with van der Waals surface area (Å²) >= 11 is 12.0. The van der Waals surface area contributed by atoms with Crippen molar-refractivity contribution >= 4 is 46.8 Å². The molecule has 0 aliphatic carbocycles. The Bertz CT molecular complexity index is 1560. The number of hydrogen-bond acceptors (Lipinski definition) is 7. The maximum absolute atomic E-state index is 12.9. The average molecular weight is 484 g/mol. The van der Waals surface area contributed by atoms with E-state index in [1.54, 1.807) is 54.6 Å². The van der Waals surface area contributed by atoms with Gasteiger partial charge in [-0.15, -0.1) is 0 Å². The lowest BCUT2D eigenvalue weighted by atomic mass is 9.87. The van der Waals surface area contributed by atoms with E-state index in [1.807, 2.05) is 0 Å². The van der Waals surface area contributed by atoms with E-state index in [2.05, 4.69) is 4.98 Å². The van der Waals surface area contributed by atoms with E-state index in [0.717, 1.165) is 0 Å². The fourth-order valence-electron chi connectivity index (χ4n) is 3.85. The van der Waals surface area contributed by atoms with Crippen molar-refractivity contribution in [3.05, 3.63) is 96.7 Å². The fraction of sp³-hybridized carbons (Fsp3) is 0.0870. The van der Waals surface area contributed by atoms with Crippen LogP contribution in [-0.4, -0.2) is 22.6 Å². The first-order chi connectivity index (χ1) is 15.9. The molecule has 166 valence electrons. The molecule has 2 N–H and O–H groups in total. The summed E-state index contributed by atoms with van der Waals surface area (Å²) in [6.45, 7) is 0. The molecule has 1 aliphatic heterocycles. The summed E-state index contributed by atoms with van der Waals surface area (Å²) in [5.74, 6) is -1.29. The van der Waals surface area contributed by atoms with Crippen LogP contribution in [0.15, 0.2) is 62.2 Å². The van der Waals surface area contributed by atoms with E-state index in [-0.39, 0.29) is 28.4 Å². The van der Waals surface area contributed by atoms with Gasteiger partial charge in [-0.05, 0) is 41.5 Å². The van der Waals surface area contributed by atoms with Gasteiger partial charge >= 0.3 is 11.6 Å². The zero-order valence-corrected chi connectivity index (χ0v) is 18.6. The molecule has 2 aromatic heterocycles. The first-order valence-corrected chi connectivity index (χ1v) is 10.5. The van der Waals surface area contributed by atoms with Gasteiger partial charge in [0.2, 0.25) is 11.4 Å². The lowest BCUT2D eigenvalue weighted by Crippen LogP contribution is -2.37. The third-order valence-corrected chi connectivity index (χ3v) is 5.78. The van der Waals surface area contributed by atoms with E-state index in [9.17, 15) is 9.59 Å². The van der Waals surface area contributed by atoms with Crippen LogP contribution in [0.3, 0.4) is 0 Å². The van der Waals surface area contributed by atoms with Crippen molar-refractivity contribution in [1.29, 1.82) is 0 Å². The van der Waals surface area contributed by atoms with Crippen LogP contribution in [0.25, 0.3) is 17.5 Å². The van der Waals surface area contributed by atoms with Gasteiger partial charge in [-0.1, -0.05) is 47.5 Å². The van der Waals surface area contributed by atoms with Crippen LogP contribution in [0, 0.1) is 0 Å². The van der Waals surface area contributed by atoms with Crippen LogP contribution in [0.4, 0.5) is 6.01 Å².